The third kappa shape index (κ3) is 2.62. The van der Waals surface area contributed by atoms with Gasteiger partial charge in [-0.3, -0.25) is 9.59 Å². The lowest BCUT2D eigenvalue weighted by molar-refractivity contribution is 0.0983. The first-order valence-corrected chi connectivity index (χ1v) is 8.36. The van der Waals surface area contributed by atoms with E-state index in [0.717, 1.165) is 23.1 Å². The molecule has 1 aliphatic carbocycles. The van der Waals surface area contributed by atoms with Gasteiger partial charge in [-0.2, -0.15) is 4.79 Å². The highest BCUT2D eigenvalue weighted by Crippen LogP contribution is 2.34. The van der Waals surface area contributed by atoms with Crippen molar-refractivity contribution < 1.29 is 9.59 Å². The summed E-state index contributed by atoms with van der Waals surface area (Å²) in [6.45, 7) is 0. The van der Waals surface area contributed by atoms with Crippen LogP contribution in [0.3, 0.4) is 0 Å². The maximum absolute atomic E-state index is 12.6. The maximum atomic E-state index is 12.6. The van der Waals surface area contributed by atoms with Crippen LogP contribution in [-0.2, 0) is 12.8 Å². The molecule has 8 heteroatoms. The number of pyridine rings is 1. The molecule has 4 rings (SSSR count). The Balaban J connectivity index is 1.82. The summed E-state index contributed by atoms with van der Waals surface area (Å²) in [5.74, 6) is -1.11. The van der Waals surface area contributed by atoms with Gasteiger partial charge in [-0.25, -0.2) is 10.4 Å². The van der Waals surface area contributed by atoms with Gasteiger partial charge in [-0.05, 0) is 30.5 Å². The fourth-order valence-corrected chi connectivity index (χ4v) is 3.39. The number of aryl methyl sites for hydroxylation is 1. The van der Waals surface area contributed by atoms with Gasteiger partial charge in [0.2, 0.25) is 0 Å². The number of nitrogens with two attached hydrogens (primary N) is 1. The van der Waals surface area contributed by atoms with E-state index >= 15 is 0 Å². The van der Waals surface area contributed by atoms with Gasteiger partial charge in [-0.15, -0.1) is 5.10 Å². The van der Waals surface area contributed by atoms with Crippen molar-refractivity contribution in [2.75, 3.05) is 5.43 Å². The molecule has 2 aromatic heterocycles. The van der Waals surface area contributed by atoms with E-state index in [-0.39, 0.29) is 16.4 Å². The minimum atomic E-state index is -0.631. The van der Waals surface area contributed by atoms with Crippen molar-refractivity contribution in [3.8, 4) is 11.3 Å². The SMILES string of the molecule is NC(=O)c1nn(NC(=O)c2cccnc2Cl)c2c1CCc1ccccc1-2. The Morgan fingerprint density at radius 3 is 2.73 bits per heavy atom. The van der Waals surface area contributed by atoms with E-state index < -0.39 is 11.8 Å². The highest BCUT2D eigenvalue weighted by atomic mass is 35.5. The number of nitrogens with zero attached hydrogens (tertiary/aromatic N) is 3. The number of amides is 2. The minimum absolute atomic E-state index is 0.0848. The van der Waals surface area contributed by atoms with Crippen molar-refractivity contribution in [1.82, 2.24) is 14.9 Å². The predicted octanol–water partition coefficient (Wildman–Crippen LogP) is 2.18. The second-order valence-electron chi connectivity index (χ2n) is 5.89. The van der Waals surface area contributed by atoms with Crippen LogP contribution in [0.4, 0.5) is 0 Å². The standard InChI is InChI=1S/C18H14ClN5O2/c19-16-13(6-3-9-21-16)18(26)23-24-15-11-5-2-1-4-10(11)7-8-12(15)14(22-24)17(20)25/h1-6,9H,7-8H2,(H2,20,25)(H,23,26). The Kier molecular flexibility index (Phi) is 3.93. The molecule has 0 saturated carbocycles. The molecule has 7 nitrogen and oxygen atoms in total. The Hall–Kier alpha value is -3.19. The molecule has 0 saturated heterocycles. The summed E-state index contributed by atoms with van der Waals surface area (Å²) >= 11 is 5.99. The van der Waals surface area contributed by atoms with Gasteiger partial charge in [0.25, 0.3) is 11.8 Å². The molecule has 3 N–H and O–H groups in total. The van der Waals surface area contributed by atoms with E-state index in [1.54, 1.807) is 12.1 Å². The molecule has 1 aliphatic rings. The monoisotopic (exact) mass is 367 g/mol. The van der Waals surface area contributed by atoms with Crippen molar-refractivity contribution in [3.05, 3.63) is 70.1 Å². The molecule has 0 bridgehead atoms. The van der Waals surface area contributed by atoms with Gasteiger partial charge in [0.05, 0.1) is 11.3 Å². The molecule has 0 fully saturated rings. The fourth-order valence-electron chi connectivity index (χ4n) is 3.18. The van der Waals surface area contributed by atoms with E-state index in [9.17, 15) is 9.59 Å². The average molecular weight is 368 g/mol. The Morgan fingerprint density at radius 2 is 1.96 bits per heavy atom. The molecular formula is C18H14ClN5O2. The number of halogens is 1. The second-order valence-corrected chi connectivity index (χ2v) is 6.25. The summed E-state index contributed by atoms with van der Waals surface area (Å²) in [6, 6.07) is 11.0. The number of rotatable bonds is 3. The van der Waals surface area contributed by atoms with E-state index in [1.807, 2.05) is 24.3 Å². The lowest BCUT2D eigenvalue weighted by atomic mass is 9.89. The maximum Gasteiger partial charge on any atom is 0.274 e. The van der Waals surface area contributed by atoms with Crippen LogP contribution in [-0.4, -0.2) is 26.7 Å². The van der Waals surface area contributed by atoms with E-state index in [0.29, 0.717) is 12.1 Å². The van der Waals surface area contributed by atoms with Gasteiger partial charge >= 0.3 is 0 Å². The van der Waals surface area contributed by atoms with E-state index in [2.05, 4.69) is 15.5 Å². The van der Waals surface area contributed by atoms with Crippen LogP contribution in [0.5, 0.6) is 0 Å². The number of aromatic nitrogens is 3. The fraction of sp³-hybridized carbons (Fsp3) is 0.111. The predicted molar refractivity (Wildman–Crippen MR) is 96.5 cm³/mol. The highest BCUT2D eigenvalue weighted by molar-refractivity contribution is 6.33. The normalized spacial score (nSPS) is 12.2. The zero-order chi connectivity index (χ0) is 18.3. The molecule has 2 heterocycles. The number of hydrogen-bond donors (Lipinski definition) is 2. The van der Waals surface area contributed by atoms with Crippen molar-refractivity contribution in [3.63, 3.8) is 0 Å². The number of primary amides is 1. The van der Waals surface area contributed by atoms with Crippen molar-refractivity contribution in [1.29, 1.82) is 0 Å². The zero-order valence-electron chi connectivity index (χ0n) is 13.6. The summed E-state index contributed by atoms with van der Waals surface area (Å²) in [6.07, 6.45) is 2.89. The van der Waals surface area contributed by atoms with Crippen LogP contribution in [0.2, 0.25) is 5.15 Å². The lowest BCUT2D eigenvalue weighted by Gasteiger charge is -2.18. The number of nitrogens with one attached hydrogen (secondary N) is 1. The first-order chi connectivity index (χ1) is 12.6. The Bertz CT molecular complexity index is 1040. The number of benzene rings is 1. The Labute approximate surface area is 153 Å². The summed E-state index contributed by atoms with van der Waals surface area (Å²) in [4.78, 5) is 29.6. The summed E-state index contributed by atoms with van der Waals surface area (Å²) in [7, 11) is 0. The van der Waals surface area contributed by atoms with Crippen molar-refractivity contribution in [2.45, 2.75) is 12.8 Å². The molecule has 0 atom stereocenters. The van der Waals surface area contributed by atoms with Gasteiger partial charge in [0.1, 0.15) is 5.15 Å². The van der Waals surface area contributed by atoms with E-state index in [1.165, 1.54) is 11.0 Å². The molecule has 0 spiro atoms. The highest BCUT2D eigenvalue weighted by Gasteiger charge is 2.28. The molecule has 26 heavy (non-hydrogen) atoms. The minimum Gasteiger partial charge on any atom is -0.364 e. The van der Waals surface area contributed by atoms with Gasteiger partial charge in [0, 0.05) is 17.3 Å². The number of carbonyl (C=O) groups is 2. The molecule has 0 aliphatic heterocycles. The van der Waals surface area contributed by atoms with Crippen LogP contribution in [0.25, 0.3) is 11.3 Å². The molecule has 2 amide bonds. The average Bonchev–Trinajstić information content (AvgIpc) is 3.01. The van der Waals surface area contributed by atoms with E-state index in [4.69, 9.17) is 17.3 Å². The summed E-state index contributed by atoms with van der Waals surface area (Å²) < 4.78 is 0. The lowest BCUT2D eigenvalue weighted by Crippen LogP contribution is -2.26. The van der Waals surface area contributed by atoms with Crippen LogP contribution in [0.15, 0.2) is 42.6 Å². The third-order valence-electron chi connectivity index (χ3n) is 4.34. The smallest absolute Gasteiger partial charge is 0.274 e. The summed E-state index contributed by atoms with van der Waals surface area (Å²) in [5.41, 5.74) is 11.9. The molecule has 1 aromatic carbocycles. The zero-order valence-corrected chi connectivity index (χ0v) is 14.3. The first kappa shape index (κ1) is 16.3. The number of hydrogen-bond acceptors (Lipinski definition) is 4. The summed E-state index contributed by atoms with van der Waals surface area (Å²) in [5, 5.41) is 4.32. The van der Waals surface area contributed by atoms with Crippen LogP contribution in [0.1, 0.15) is 32.0 Å². The van der Waals surface area contributed by atoms with Crippen LogP contribution in [0, 0.1) is 0 Å². The van der Waals surface area contributed by atoms with Gasteiger partial charge in [0.15, 0.2) is 5.69 Å². The van der Waals surface area contributed by atoms with Gasteiger partial charge < -0.3 is 5.73 Å². The third-order valence-corrected chi connectivity index (χ3v) is 4.65. The molecule has 0 unspecified atom stereocenters. The Morgan fingerprint density at radius 1 is 1.15 bits per heavy atom. The van der Waals surface area contributed by atoms with Crippen LogP contribution < -0.4 is 11.2 Å². The van der Waals surface area contributed by atoms with Gasteiger partial charge in [-0.1, -0.05) is 35.9 Å². The van der Waals surface area contributed by atoms with Crippen molar-refractivity contribution >= 4 is 23.4 Å². The largest absolute Gasteiger partial charge is 0.364 e. The molecule has 130 valence electrons. The number of carbonyl (C=O) groups excluding carboxylic acids is 2. The number of fused-ring (bicyclic) bond motifs is 3. The molecule has 3 aromatic rings. The quantitative estimate of drug-likeness (QED) is 0.692. The second kappa shape index (κ2) is 6.27. The molecular weight excluding hydrogens is 354 g/mol. The topological polar surface area (TPSA) is 103 Å². The van der Waals surface area contributed by atoms with Crippen molar-refractivity contribution in [2.24, 2.45) is 5.73 Å². The van der Waals surface area contributed by atoms with Crippen LogP contribution >= 0.6 is 11.6 Å². The molecule has 0 radical (unpaired) electrons. The first-order valence-electron chi connectivity index (χ1n) is 7.98.